The van der Waals surface area contributed by atoms with Crippen LogP contribution in [0.3, 0.4) is 0 Å². The van der Waals surface area contributed by atoms with Crippen LogP contribution in [0.2, 0.25) is 0 Å². The number of hydrogen-bond donors (Lipinski definition) is 2. The molecule has 1 amide bonds. The SMILES string of the molecule is CCc1cc(CC)n(Cc2ccc(C(N)=O)cc2N)n1. The molecule has 4 N–H and O–H groups in total. The van der Waals surface area contributed by atoms with Gasteiger partial charge in [0.2, 0.25) is 5.91 Å². The molecule has 2 aromatic rings. The number of primary amides is 1. The van der Waals surface area contributed by atoms with Crippen LogP contribution in [0.25, 0.3) is 0 Å². The Kier molecular flexibility index (Phi) is 4.08. The minimum atomic E-state index is -0.468. The normalized spacial score (nSPS) is 10.7. The van der Waals surface area contributed by atoms with Gasteiger partial charge in [0.15, 0.2) is 0 Å². The molecule has 0 unspecified atom stereocenters. The zero-order valence-electron chi connectivity index (χ0n) is 11.9. The molecule has 1 aromatic heterocycles. The highest BCUT2D eigenvalue weighted by molar-refractivity contribution is 5.93. The van der Waals surface area contributed by atoms with E-state index in [4.69, 9.17) is 11.5 Å². The molecular weight excluding hydrogens is 252 g/mol. The van der Waals surface area contributed by atoms with Crippen molar-refractivity contribution in [1.29, 1.82) is 0 Å². The van der Waals surface area contributed by atoms with Crippen LogP contribution in [-0.4, -0.2) is 15.7 Å². The zero-order chi connectivity index (χ0) is 14.7. The van der Waals surface area contributed by atoms with Gasteiger partial charge in [0.1, 0.15) is 0 Å². The van der Waals surface area contributed by atoms with Gasteiger partial charge in [-0.05, 0) is 36.6 Å². The predicted octanol–water partition coefficient (Wildman–Crippen LogP) is 1.74. The van der Waals surface area contributed by atoms with Crippen molar-refractivity contribution in [2.75, 3.05) is 5.73 Å². The van der Waals surface area contributed by atoms with Gasteiger partial charge in [-0.3, -0.25) is 9.48 Å². The molecule has 0 spiro atoms. The number of carbonyl (C=O) groups excluding carboxylic acids is 1. The number of nitrogens with zero attached hydrogens (tertiary/aromatic N) is 2. The highest BCUT2D eigenvalue weighted by atomic mass is 16.1. The van der Waals surface area contributed by atoms with Crippen molar-refractivity contribution in [3.63, 3.8) is 0 Å². The predicted molar refractivity (Wildman–Crippen MR) is 79.5 cm³/mol. The summed E-state index contributed by atoms with van der Waals surface area (Å²) in [5, 5.41) is 4.56. The van der Waals surface area contributed by atoms with Crippen molar-refractivity contribution in [3.8, 4) is 0 Å². The molecular formula is C15H20N4O. The van der Waals surface area contributed by atoms with E-state index in [1.807, 2.05) is 10.7 Å². The number of anilines is 1. The number of rotatable bonds is 5. The third-order valence-electron chi connectivity index (χ3n) is 3.39. The van der Waals surface area contributed by atoms with Crippen molar-refractivity contribution in [1.82, 2.24) is 9.78 Å². The number of hydrogen-bond acceptors (Lipinski definition) is 3. The van der Waals surface area contributed by atoms with E-state index in [2.05, 4.69) is 25.0 Å². The molecule has 0 bridgehead atoms. The molecule has 0 aliphatic heterocycles. The average molecular weight is 272 g/mol. The average Bonchev–Trinajstić information content (AvgIpc) is 2.83. The van der Waals surface area contributed by atoms with Crippen LogP contribution in [0.5, 0.6) is 0 Å². The van der Waals surface area contributed by atoms with E-state index < -0.39 is 5.91 Å². The summed E-state index contributed by atoms with van der Waals surface area (Å²) >= 11 is 0. The summed E-state index contributed by atoms with van der Waals surface area (Å²) in [5.74, 6) is -0.468. The smallest absolute Gasteiger partial charge is 0.248 e. The number of nitrogen functional groups attached to an aromatic ring is 1. The molecule has 0 saturated heterocycles. The number of nitrogens with two attached hydrogens (primary N) is 2. The molecule has 0 aliphatic carbocycles. The largest absolute Gasteiger partial charge is 0.398 e. The fourth-order valence-electron chi connectivity index (χ4n) is 2.16. The van der Waals surface area contributed by atoms with Crippen molar-refractivity contribution >= 4 is 11.6 Å². The Balaban J connectivity index is 2.30. The Morgan fingerprint density at radius 2 is 2.00 bits per heavy atom. The number of amides is 1. The standard InChI is InChI=1S/C15H20N4O/c1-3-12-8-13(4-2)19(18-12)9-11-6-5-10(15(17)20)7-14(11)16/h5-8H,3-4,9,16H2,1-2H3,(H2,17,20). The van der Waals surface area contributed by atoms with Crippen molar-refractivity contribution in [3.05, 3.63) is 46.8 Å². The number of aryl methyl sites for hydroxylation is 2. The second-order valence-electron chi connectivity index (χ2n) is 4.77. The van der Waals surface area contributed by atoms with Crippen molar-refractivity contribution in [2.45, 2.75) is 33.2 Å². The van der Waals surface area contributed by atoms with Crippen molar-refractivity contribution < 1.29 is 4.79 Å². The molecule has 5 heteroatoms. The molecule has 0 fully saturated rings. The summed E-state index contributed by atoms with van der Waals surface area (Å²) in [6.07, 6.45) is 1.84. The van der Waals surface area contributed by atoms with Crippen LogP contribution < -0.4 is 11.5 Å². The molecule has 1 heterocycles. The van der Waals surface area contributed by atoms with E-state index in [1.54, 1.807) is 12.1 Å². The first-order chi connectivity index (χ1) is 9.55. The highest BCUT2D eigenvalue weighted by Gasteiger charge is 2.09. The first kappa shape index (κ1) is 14.1. The fourth-order valence-corrected chi connectivity index (χ4v) is 2.16. The third kappa shape index (κ3) is 2.82. The van der Waals surface area contributed by atoms with E-state index in [9.17, 15) is 4.79 Å². The Hall–Kier alpha value is -2.30. The van der Waals surface area contributed by atoms with Gasteiger partial charge in [-0.15, -0.1) is 0 Å². The van der Waals surface area contributed by atoms with Gasteiger partial charge in [-0.2, -0.15) is 5.10 Å². The van der Waals surface area contributed by atoms with Gasteiger partial charge in [-0.1, -0.05) is 19.9 Å². The van der Waals surface area contributed by atoms with Gasteiger partial charge in [0.25, 0.3) is 0 Å². The Bertz CT molecular complexity index is 631. The van der Waals surface area contributed by atoms with Crippen LogP contribution in [-0.2, 0) is 19.4 Å². The van der Waals surface area contributed by atoms with Gasteiger partial charge < -0.3 is 11.5 Å². The van der Waals surface area contributed by atoms with E-state index in [-0.39, 0.29) is 0 Å². The maximum absolute atomic E-state index is 11.1. The summed E-state index contributed by atoms with van der Waals surface area (Å²) in [5.41, 5.74) is 15.4. The zero-order valence-corrected chi connectivity index (χ0v) is 11.9. The fraction of sp³-hybridized carbons (Fsp3) is 0.333. The lowest BCUT2D eigenvalue weighted by Gasteiger charge is -2.09. The minimum absolute atomic E-state index is 0.427. The molecule has 1 aromatic carbocycles. The van der Waals surface area contributed by atoms with E-state index in [0.29, 0.717) is 17.8 Å². The Morgan fingerprint density at radius 1 is 1.25 bits per heavy atom. The molecule has 5 nitrogen and oxygen atoms in total. The maximum atomic E-state index is 11.1. The highest BCUT2D eigenvalue weighted by Crippen LogP contribution is 2.17. The van der Waals surface area contributed by atoms with Crippen LogP contribution in [0, 0.1) is 0 Å². The lowest BCUT2D eigenvalue weighted by atomic mass is 10.1. The summed E-state index contributed by atoms with van der Waals surface area (Å²) in [4.78, 5) is 11.1. The van der Waals surface area contributed by atoms with Crippen LogP contribution in [0.1, 0.15) is 41.2 Å². The second-order valence-corrected chi connectivity index (χ2v) is 4.77. The number of benzene rings is 1. The first-order valence-electron chi connectivity index (χ1n) is 6.79. The number of aromatic nitrogens is 2. The molecule has 0 aliphatic rings. The van der Waals surface area contributed by atoms with Crippen molar-refractivity contribution in [2.24, 2.45) is 5.73 Å². The lowest BCUT2D eigenvalue weighted by Crippen LogP contribution is -2.13. The van der Waals surface area contributed by atoms with Gasteiger partial charge in [0, 0.05) is 16.9 Å². The monoisotopic (exact) mass is 272 g/mol. The second kappa shape index (κ2) is 5.77. The van der Waals surface area contributed by atoms with Crippen LogP contribution in [0.15, 0.2) is 24.3 Å². The van der Waals surface area contributed by atoms with E-state index in [1.165, 1.54) is 5.69 Å². The Morgan fingerprint density at radius 3 is 2.55 bits per heavy atom. The van der Waals surface area contributed by atoms with Crippen LogP contribution >= 0.6 is 0 Å². The van der Waals surface area contributed by atoms with Gasteiger partial charge >= 0.3 is 0 Å². The van der Waals surface area contributed by atoms with Gasteiger partial charge in [0.05, 0.1) is 12.2 Å². The summed E-state index contributed by atoms with van der Waals surface area (Å²) in [7, 11) is 0. The quantitative estimate of drug-likeness (QED) is 0.813. The first-order valence-corrected chi connectivity index (χ1v) is 6.79. The third-order valence-corrected chi connectivity index (χ3v) is 3.39. The van der Waals surface area contributed by atoms with E-state index >= 15 is 0 Å². The maximum Gasteiger partial charge on any atom is 0.248 e. The molecule has 0 saturated carbocycles. The van der Waals surface area contributed by atoms with Gasteiger partial charge in [-0.25, -0.2) is 0 Å². The topological polar surface area (TPSA) is 86.9 Å². The molecule has 0 radical (unpaired) electrons. The lowest BCUT2D eigenvalue weighted by molar-refractivity contribution is 0.100. The van der Waals surface area contributed by atoms with E-state index in [0.717, 1.165) is 24.1 Å². The molecule has 2 rings (SSSR count). The molecule has 20 heavy (non-hydrogen) atoms. The molecule has 0 atom stereocenters. The Labute approximate surface area is 118 Å². The minimum Gasteiger partial charge on any atom is -0.398 e. The number of carbonyl (C=O) groups is 1. The summed E-state index contributed by atoms with van der Waals surface area (Å²) in [6, 6.07) is 7.27. The summed E-state index contributed by atoms with van der Waals surface area (Å²) < 4.78 is 1.97. The van der Waals surface area contributed by atoms with Crippen LogP contribution in [0.4, 0.5) is 5.69 Å². The summed E-state index contributed by atoms with van der Waals surface area (Å²) in [6.45, 7) is 4.79. The molecule has 106 valence electrons.